The van der Waals surface area contributed by atoms with Crippen molar-refractivity contribution in [1.29, 1.82) is 0 Å². The Morgan fingerprint density at radius 2 is 1.94 bits per heavy atom. The number of hydrogen-bond acceptors (Lipinski definition) is 6. The van der Waals surface area contributed by atoms with Crippen LogP contribution in [0.2, 0.25) is 0 Å². The Morgan fingerprint density at radius 3 is 2.53 bits per heavy atom. The van der Waals surface area contributed by atoms with E-state index in [-0.39, 0.29) is 24.4 Å². The van der Waals surface area contributed by atoms with Crippen LogP contribution in [-0.2, 0) is 16.0 Å². The van der Waals surface area contributed by atoms with Gasteiger partial charge in [0.15, 0.2) is 11.5 Å². The molecule has 1 aliphatic rings. The number of nitrogens with two attached hydrogens (primary N) is 1. The number of β-amino-alcohol motifs (C(OH)–C–C–N with tert-alkyl or cyclic N) is 1. The normalized spacial score (nSPS) is 16.6. The summed E-state index contributed by atoms with van der Waals surface area (Å²) >= 11 is 0. The van der Waals surface area contributed by atoms with E-state index in [2.05, 4.69) is 19.9 Å². The first-order valence-electron chi connectivity index (χ1n) is 11.4. The van der Waals surface area contributed by atoms with E-state index in [1.807, 2.05) is 12.1 Å². The van der Waals surface area contributed by atoms with E-state index in [0.717, 1.165) is 37.1 Å². The number of carbonyl (C=O) groups is 1. The summed E-state index contributed by atoms with van der Waals surface area (Å²) in [5.41, 5.74) is 7.51. The van der Waals surface area contributed by atoms with Crippen LogP contribution < -0.4 is 15.2 Å². The maximum absolute atomic E-state index is 11.8. The number of amides is 1. The molecular formula is C24H41ClN2O5. The molecule has 32 heavy (non-hydrogen) atoms. The summed E-state index contributed by atoms with van der Waals surface area (Å²) in [6.07, 6.45) is 3.06. The van der Waals surface area contributed by atoms with Crippen molar-refractivity contribution in [3.05, 3.63) is 23.8 Å². The summed E-state index contributed by atoms with van der Waals surface area (Å²) in [6, 6.07) is 5.66. The van der Waals surface area contributed by atoms with Crippen LogP contribution in [0.5, 0.6) is 11.5 Å². The average molecular weight is 473 g/mol. The van der Waals surface area contributed by atoms with Gasteiger partial charge in [0.1, 0.15) is 0 Å². The third-order valence-corrected chi connectivity index (χ3v) is 6.07. The molecule has 0 radical (unpaired) electrons. The lowest BCUT2D eigenvalue weighted by atomic mass is 9.83. The topological polar surface area (TPSA) is 94.3 Å². The lowest BCUT2D eigenvalue weighted by molar-refractivity contribution is -0.129. The molecule has 184 valence electrons. The second kappa shape index (κ2) is 14.6. The summed E-state index contributed by atoms with van der Waals surface area (Å²) < 4.78 is 16.4. The van der Waals surface area contributed by atoms with Crippen molar-refractivity contribution in [3.8, 4) is 11.5 Å². The van der Waals surface area contributed by atoms with Crippen molar-refractivity contribution >= 4 is 18.3 Å². The summed E-state index contributed by atoms with van der Waals surface area (Å²) in [4.78, 5) is 13.6. The standard InChI is InChI=1S/C24H40N2O5.ClH/c1-17(2)19(15-20(25)21(27)16-26-10-5-7-24(26)28)13-18-8-9-22(30-4)23(14-18)31-12-6-11-29-3;/h8-9,14,17,19-21,27H,5-7,10-13,15-16,25H2,1-4H3;1H/t19-,20-,21-;/m0./s1. The summed E-state index contributed by atoms with van der Waals surface area (Å²) in [6.45, 7) is 6.62. The minimum Gasteiger partial charge on any atom is -0.493 e. The average Bonchev–Trinajstić information content (AvgIpc) is 3.15. The second-order valence-electron chi connectivity index (χ2n) is 8.80. The zero-order valence-electron chi connectivity index (χ0n) is 19.9. The van der Waals surface area contributed by atoms with Gasteiger partial charge in [-0.3, -0.25) is 4.79 Å². The molecule has 0 spiro atoms. The predicted octanol–water partition coefficient (Wildman–Crippen LogP) is 3.05. The zero-order chi connectivity index (χ0) is 22.8. The lowest BCUT2D eigenvalue weighted by Crippen LogP contribution is -2.45. The van der Waals surface area contributed by atoms with Crippen molar-refractivity contribution in [1.82, 2.24) is 4.90 Å². The highest BCUT2D eigenvalue weighted by Gasteiger charge is 2.28. The highest BCUT2D eigenvalue weighted by atomic mass is 35.5. The van der Waals surface area contributed by atoms with Gasteiger partial charge in [0, 0.05) is 45.7 Å². The van der Waals surface area contributed by atoms with Crippen LogP contribution in [-0.4, -0.2) is 68.6 Å². The van der Waals surface area contributed by atoms with Crippen LogP contribution in [0.25, 0.3) is 0 Å². The molecule has 1 heterocycles. The van der Waals surface area contributed by atoms with Crippen molar-refractivity contribution in [2.45, 2.75) is 58.1 Å². The Balaban J connectivity index is 0.00000512. The SMILES string of the molecule is COCCCOc1cc(C[C@@H](C[C@H](N)[C@@H](O)CN2CCCC2=O)C(C)C)ccc1OC.Cl. The molecule has 0 bridgehead atoms. The van der Waals surface area contributed by atoms with Gasteiger partial charge in [-0.1, -0.05) is 19.9 Å². The lowest BCUT2D eigenvalue weighted by Gasteiger charge is -2.29. The van der Waals surface area contributed by atoms with Gasteiger partial charge in [-0.2, -0.15) is 0 Å². The second-order valence-corrected chi connectivity index (χ2v) is 8.80. The third kappa shape index (κ3) is 8.77. The molecule has 1 aromatic carbocycles. The number of ether oxygens (including phenoxy) is 3. The number of nitrogens with zero attached hydrogens (tertiary/aromatic N) is 1. The Bertz CT molecular complexity index is 688. The molecule has 8 heteroatoms. The van der Waals surface area contributed by atoms with E-state index in [1.165, 1.54) is 0 Å². The monoisotopic (exact) mass is 472 g/mol. The molecular weight excluding hydrogens is 432 g/mol. The number of carbonyl (C=O) groups excluding carboxylic acids is 1. The fourth-order valence-corrected chi connectivity index (χ4v) is 4.01. The number of likely N-dealkylation sites (tertiary alicyclic amines) is 1. The number of halogens is 1. The van der Waals surface area contributed by atoms with E-state index in [4.69, 9.17) is 19.9 Å². The van der Waals surface area contributed by atoms with Crippen molar-refractivity contribution in [2.24, 2.45) is 17.6 Å². The zero-order valence-corrected chi connectivity index (χ0v) is 20.7. The number of rotatable bonds is 14. The summed E-state index contributed by atoms with van der Waals surface area (Å²) in [7, 11) is 3.32. The summed E-state index contributed by atoms with van der Waals surface area (Å²) in [5.74, 6) is 2.26. The van der Waals surface area contributed by atoms with E-state index in [0.29, 0.717) is 50.2 Å². The quantitative estimate of drug-likeness (QED) is 0.404. The Hall–Kier alpha value is -1.54. The van der Waals surface area contributed by atoms with Gasteiger partial charge in [0.2, 0.25) is 5.91 Å². The molecule has 0 saturated carbocycles. The van der Waals surface area contributed by atoms with Gasteiger partial charge < -0.3 is 30.0 Å². The number of hydrogen-bond donors (Lipinski definition) is 2. The number of aliphatic hydroxyl groups is 1. The van der Waals surface area contributed by atoms with E-state index in [9.17, 15) is 9.90 Å². The van der Waals surface area contributed by atoms with Crippen LogP contribution >= 0.6 is 12.4 Å². The Morgan fingerprint density at radius 1 is 1.19 bits per heavy atom. The molecule has 7 nitrogen and oxygen atoms in total. The van der Waals surface area contributed by atoms with E-state index < -0.39 is 6.10 Å². The summed E-state index contributed by atoms with van der Waals surface area (Å²) in [5, 5.41) is 10.6. The fraction of sp³-hybridized carbons (Fsp3) is 0.708. The number of benzene rings is 1. The Labute approximate surface area is 199 Å². The Kier molecular flexibility index (Phi) is 13.0. The maximum atomic E-state index is 11.8. The minimum atomic E-state index is -0.709. The number of aliphatic hydroxyl groups excluding tert-OH is 1. The highest BCUT2D eigenvalue weighted by molar-refractivity contribution is 5.85. The van der Waals surface area contributed by atoms with Crippen LogP contribution in [0, 0.1) is 11.8 Å². The van der Waals surface area contributed by atoms with E-state index in [1.54, 1.807) is 19.1 Å². The van der Waals surface area contributed by atoms with Crippen LogP contribution in [0.1, 0.15) is 45.1 Å². The molecule has 2 rings (SSSR count). The molecule has 3 N–H and O–H groups in total. The molecule has 1 amide bonds. The smallest absolute Gasteiger partial charge is 0.222 e. The molecule has 0 aliphatic carbocycles. The van der Waals surface area contributed by atoms with Gasteiger partial charge >= 0.3 is 0 Å². The van der Waals surface area contributed by atoms with Crippen molar-refractivity contribution in [3.63, 3.8) is 0 Å². The van der Waals surface area contributed by atoms with Crippen LogP contribution in [0.4, 0.5) is 0 Å². The van der Waals surface area contributed by atoms with Gasteiger partial charge in [-0.25, -0.2) is 0 Å². The molecule has 0 unspecified atom stereocenters. The molecule has 1 aromatic rings. The minimum absolute atomic E-state index is 0. The first-order chi connectivity index (χ1) is 14.8. The van der Waals surface area contributed by atoms with Gasteiger partial charge in [0.05, 0.1) is 19.8 Å². The van der Waals surface area contributed by atoms with Gasteiger partial charge in [-0.15, -0.1) is 12.4 Å². The molecule has 0 aromatic heterocycles. The predicted molar refractivity (Wildman–Crippen MR) is 129 cm³/mol. The molecule has 1 fully saturated rings. The van der Waals surface area contributed by atoms with Crippen LogP contribution in [0.15, 0.2) is 18.2 Å². The molecule has 3 atom stereocenters. The van der Waals surface area contributed by atoms with Crippen molar-refractivity contribution in [2.75, 3.05) is 40.5 Å². The van der Waals surface area contributed by atoms with Crippen LogP contribution in [0.3, 0.4) is 0 Å². The van der Waals surface area contributed by atoms with Gasteiger partial charge in [0.25, 0.3) is 0 Å². The van der Waals surface area contributed by atoms with Crippen molar-refractivity contribution < 1.29 is 24.1 Å². The van der Waals surface area contributed by atoms with E-state index >= 15 is 0 Å². The molecule has 1 aliphatic heterocycles. The largest absolute Gasteiger partial charge is 0.493 e. The highest BCUT2D eigenvalue weighted by Crippen LogP contribution is 2.31. The fourth-order valence-electron chi connectivity index (χ4n) is 4.01. The molecule has 1 saturated heterocycles. The first kappa shape index (κ1) is 28.5. The third-order valence-electron chi connectivity index (χ3n) is 6.07. The number of methoxy groups -OCH3 is 2. The van der Waals surface area contributed by atoms with Gasteiger partial charge in [-0.05, 0) is 48.8 Å². The maximum Gasteiger partial charge on any atom is 0.222 e. The first-order valence-corrected chi connectivity index (χ1v) is 11.4.